The Hall–Kier alpha value is -1.06. The van der Waals surface area contributed by atoms with Crippen molar-refractivity contribution in [3.63, 3.8) is 0 Å². The van der Waals surface area contributed by atoms with Crippen LogP contribution in [-0.2, 0) is 19.1 Å². The number of hydrogen-bond acceptors (Lipinski definition) is 4. The molecule has 184 valence electrons. The first-order valence-corrected chi connectivity index (χ1v) is 13.5. The molecule has 0 saturated carbocycles. The molecule has 0 radical (unpaired) electrons. The van der Waals surface area contributed by atoms with E-state index in [9.17, 15) is 9.59 Å². The quantitative estimate of drug-likeness (QED) is 0.118. The fraction of sp³-hybridized carbons (Fsp3) is 0.926. The molecule has 0 aromatic carbocycles. The molecule has 0 rings (SSSR count). The van der Waals surface area contributed by atoms with Gasteiger partial charge in [0.1, 0.15) is 6.10 Å². The molecule has 0 fully saturated rings. The smallest absolute Gasteiger partial charge is 0.306 e. The van der Waals surface area contributed by atoms with Crippen molar-refractivity contribution in [3.8, 4) is 0 Å². The fourth-order valence-corrected chi connectivity index (χ4v) is 3.91. The van der Waals surface area contributed by atoms with Crippen molar-refractivity contribution < 1.29 is 19.1 Å². The SMILES string of the molecule is CCCCCCCCCCCCCCCCOC(=O)CCC(=O)OC(CCC)CCC. The zero-order chi connectivity index (χ0) is 23.0. The van der Waals surface area contributed by atoms with Gasteiger partial charge in [0.2, 0.25) is 0 Å². The van der Waals surface area contributed by atoms with Gasteiger partial charge < -0.3 is 9.47 Å². The van der Waals surface area contributed by atoms with Crippen molar-refractivity contribution in [2.75, 3.05) is 6.61 Å². The largest absolute Gasteiger partial charge is 0.466 e. The average molecular weight is 441 g/mol. The van der Waals surface area contributed by atoms with Gasteiger partial charge in [-0.2, -0.15) is 0 Å². The summed E-state index contributed by atoms with van der Waals surface area (Å²) in [6, 6.07) is 0. The summed E-state index contributed by atoms with van der Waals surface area (Å²) in [7, 11) is 0. The molecule has 0 aromatic rings. The van der Waals surface area contributed by atoms with Gasteiger partial charge in [-0.15, -0.1) is 0 Å². The van der Waals surface area contributed by atoms with E-state index in [1.54, 1.807) is 0 Å². The van der Waals surface area contributed by atoms with E-state index in [4.69, 9.17) is 9.47 Å². The second-order valence-electron chi connectivity index (χ2n) is 9.01. The zero-order valence-electron chi connectivity index (χ0n) is 21.1. The number of hydrogen-bond donors (Lipinski definition) is 0. The van der Waals surface area contributed by atoms with Crippen molar-refractivity contribution >= 4 is 11.9 Å². The maximum atomic E-state index is 11.9. The minimum Gasteiger partial charge on any atom is -0.466 e. The van der Waals surface area contributed by atoms with Crippen LogP contribution in [0.15, 0.2) is 0 Å². The van der Waals surface area contributed by atoms with E-state index >= 15 is 0 Å². The van der Waals surface area contributed by atoms with E-state index in [0.717, 1.165) is 38.5 Å². The molecule has 0 aliphatic carbocycles. The highest BCUT2D eigenvalue weighted by atomic mass is 16.5. The summed E-state index contributed by atoms with van der Waals surface area (Å²) in [5.74, 6) is -0.561. The Bertz CT molecular complexity index is 402. The lowest BCUT2D eigenvalue weighted by molar-refractivity contribution is -0.154. The van der Waals surface area contributed by atoms with Gasteiger partial charge in [-0.3, -0.25) is 9.59 Å². The molecule has 0 aliphatic rings. The van der Waals surface area contributed by atoms with Crippen molar-refractivity contribution in [2.45, 2.75) is 155 Å². The van der Waals surface area contributed by atoms with Crippen LogP contribution in [0, 0.1) is 0 Å². The molecule has 0 atom stereocenters. The summed E-state index contributed by atoms with van der Waals surface area (Å²) in [5, 5.41) is 0. The molecule has 0 bridgehead atoms. The predicted octanol–water partition coefficient (Wildman–Crippen LogP) is 8.30. The van der Waals surface area contributed by atoms with Gasteiger partial charge in [-0.25, -0.2) is 0 Å². The third-order valence-corrected chi connectivity index (χ3v) is 5.81. The van der Waals surface area contributed by atoms with E-state index in [1.807, 2.05) is 0 Å². The lowest BCUT2D eigenvalue weighted by Crippen LogP contribution is -2.19. The average Bonchev–Trinajstić information content (AvgIpc) is 2.75. The molecule has 0 aliphatic heterocycles. The molecular weight excluding hydrogens is 388 g/mol. The van der Waals surface area contributed by atoms with Gasteiger partial charge >= 0.3 is 11.9 Å². The molecule has 0 aromatic heterocycles. The Morgan fingerprint density at radius 2 is 0.968 bits per heavy atom. The second-order valence-corrected chi connectivity index (χ2v) is 9.01. The molecule has 0 unspecified atom stereocenters. The van der Waals surface area contributed by atoms with Crippen LogP contribution in [0.4, 0.5) is 0 Å². The summed E-state index contributed by atoms with van der Waals surface area (Å²) in [5.41, 5.74) is 0. The molecule has 0 heterocycles. The van der Waals surface area contributed by atoms with Gasteiger partial charge in [-0.05, 0) is 19.3 Å². The third kappa shape index (κ3) is 21.9. The zero-order valence-corrected chi connectivity index (χ0v) is 21.1. The number of esters is 2. The molecular formula is C27H52O4. The van der Waals surface area contributed by atoms with Crippen LogP contribution >= 0.6 is 0 Å². The molecule has 4 nitrogen and oxygen atoms in total. The van der Waals surface area contributed by atoms with E-state index in [-0.39, 0.29) is 30.9 Å². The minimum absolute atomic E-state index is 0.00549. The monoisotopic (exact) mass is 440 g/mol. The second kappa shape index (κ2) is 23.6. The molecule has 31 heavy (non-hydrogen) atoms. The predicted molar refractivity (Wildman–Crippen MR) is 130 cm³/mol. The minimum atomic E-state index is -0.283. The van der Waals surface area contributed by atoms with E-state index in [0.29, 0.717) is 6.61 Å². The van der Waals surface area contributed by atoms with Crippen LogP contribution in [0.25, 0.3) is 0 Å². The Morgan fingerprint density at radius 1 is 0.548 bits per heavy atom. The van der Waals surface area contributed by atoms with Crippen LogP contribution < -0.4 is 0 Å². The van der Waals surface area contributed by atoms with Crippen molar-refractivity contribution in [1.82, 2.24) is 0 Å². The number of rotatable bonds is 23. The topological polar surface area (TPSA) is 52.6 Å². The fourth-order valence-electron chi connectivity index (χ4n) is 3.91. The Labute approximate surface area is 193 Å². The van der Waals surface area contributed by atoms with Gasteiger partial charge in [0, 0.05) is 0 Å². The summed E-state index contributed by atoms with van der Waals surface area (Å²) in [4.78, 5) is 23.7. The molecule has 0 amide bonds. The molecule has 0 N–H and O–H groups in total. The van der Waals surface area contributed by atoms with Gasteiger partial charge in [0.25, 0.3) is 0 Å². The highest BCUT2D eigenvalue weighted by Gasteiger charge is 2.14. The Kier molecular flexibility index (Phi) is 22.8. The van der Waals surface area contributed by atoms with Crippen molar-refractivity contribution in [2.24, 2.45) is 0 Å². The number of carbonyl (C=O) groups excluding carboxylic acids is 2. The Morgan fingerprint density at radius 3 is 1.42 bits per heavy atom. The van der Waals surface area contributed by atoms with Crippen LogP contribution in [0.5, 0.6) is 0 Å². The van der Waals surface area contributed by atoms with E-state index in [1.165, 1.54) is 77.0 Å². The maximum absolute atomic E-state index is 11.9. The molecule has 0 spiro atoms. The van der Waals surface area contributed by atoms with Gasteiger partial charge in [0.15, 0.2) is 0 Å². The van der Waals surface area contributed by atoms with E-state index in [2.05, 4.69) is 20.8 Å². The van der Waals surface area contributed by atoms with Crippen molar-refractivity contribution in [3.05, 3.63) is 0 Å². The first kappa shape index (κ1) is 29.9. The summed E-state index contributed by atoms with van der Waals surface area (Å²) in [6.45, 7) is 6.92. The summed E-state index contributed by atoms with van der Waals surface area (Å²) in [6.07, 6.45) is 22.4. The molecule has 4 heteroatoms. The van der Waals surface area contributed by atoms with Crippen LogP contribution in [0.3, 0.4) is 0 Å². The Balaban J connectivity index is 3.41. The maximum Gasteiger partial charge on any atom is 0.306 e. The van der Waals surface area contributed by atoms with E-state index < -0.39 is 0 Å². The normalized spacial score (nSPS) is 11.1. The van der Waals surface area contributed by atoms with Gasteiger partial charge in [0.05, 0.1) is 19.4 Å². The van der Waals surface area contributed by atoms with Crippen LogP contribution in [0.2, 0.25) is 0 Å². The standard InChI is InChI=1S/C27H52O4/c1-4-7-8-9-10-11-12-13-14-15-16-17-18-19-24-30-26(28)22-23-27(29)31-25(20-5-2)21-6-3/h25H,4-24H2,1-3H3. The third-order valence-electron chi connectivity index (χ3n) is 5.81. The number of ether oxygens (including phenoxy) is 2. The lowest BCUT2D eigenvalue weighted by Gasteiger charge is -2.16. The first-order valence-electron chi connectivity index (χ1n) is 13.5. The first-order chi connectivity index (χ1) is 15.1. The summed E-state index contributed by atoms with van der Waals surface area (Å²) >= 11 is 0. The highest BCUT2D eigenvalue weighted by Crippen LogP contribution is 2.13. The summed E-state index contributed by atoms with van der Waals surface area (Å²) < 4.78 is 10.7. The molecule has 0 saturated heterocycles. The highest BCUT2D eigenvalue weighted by molar-refractivity contribution is 5.77. The number of unbranched alkanes of at least 4 members (excludes halogenated alkanes) is 13. The van der Waals surface area contributed by atoms with Crippen LogP contribution in [-0.4, -0.2) is 24.6 Å². The lowest BCUT2D eigenvalue weighted by atomic mass is 10.0. The van der Waals surface area contributed by atoms with Crippen molar-refractivity contribution in [1.29, 1.82) is 0 Å². The van der Waals surface area contributed by atoms with Gasteiger partial charge in [-0.1, -0.05) is 117 Å². The number of carbonyl (C=O) groups is 2. The van der Waals surface area contributed by atoms with Crippen LogP contribution in [0.1, 0.15) is 149 Å².